The first kappa shape index (κ1) is 12.0. The van der Waals surface area contributed by atoms with Crippen LogP contribution in [0.15, 0.2) is 24.3 Å². The summed E-state index contributed by atoms with van der Waals surface area (Å²) in [5.74, 6) is 0.491. The molecular formula is C10H9Cl2NO2. The highest BCUT2D eigenvalue weighted by Gasteiger charge is 2.10. The molecule has 15 heavy (non-hydrogen) atoms. The summed E-state index contributed by atoms with van der Waals surface area (Å²) in [7, 11) is 0. The number of alkyl halides is 1. The van der Waals surface area contributed by atoms with Crippen LogP contribution in [0.1, 0.15) is 12.0 Å². The normalized spacial score (nSPS) is 10.8. The molecule has 0 atom stereocenters. The largest absolute Gasteiger partial charge is 0.276 e. The number of nitrogens with zero attached hydrogens (tertiary/aromatic N) is 1. The smallest absolute Gasteiger partial charge is 0.258 e. The van der Waals surface area contributed by atoms with Gasteiger partial charge in [-0.05, 0) is 18.6 Å². The molecule has 0 bridgehead atoms. The Morgan fingerprint density at radius 2 is 2.20 bits per heavy atom. The lowest BCUT2D eigenvalue weighted by Crippen LogP contribution is -1.90. The van der Waals surface area contributed by atoms with Gasteiger partial charge in [-0.2, -0.15) is 0 Å². The molecule has 0 spiro atoms. The van der Waals surface area contributed by atoms with Crippen LogP contribution in [-0.4, -0.2) is 10.8 Å². The average Bonchev–Trinajstić information content (AvgIpc) is 2.18. The molecule has 1 rings (SSSR count). The van der Waals surface area contributed by atoms with Crippen LogP contribution in [0.4, 0.5) is 5.69 Å². The number of nitro groups is 1. The van der Waals surface area contributed by atoms with Crippen molar-refractivity contribution in [2.75, 3.05) is 5.88 Å². The lowest BCUT2D eigenvalue weighted by molar-refractivity contribution is -0.385. The van der Waals surface area contributed by atoms with Gasteiger partial charge >= 0.3 is 0 Å². The third kappa shape index (κ3) is 3.53. The first-order valence-electron chi connectivity index (χ1n) is 4.31. The van der Waals surface area contributed by atoms with Gasteiger partial charge in [0.1, 0.15) is 0 Å². The van der Waals surface area contributed by atoms with E-state index < -0.39 is 4.92 Å². The van der Waals surface area contributed by atoms with E-state index in [1.165, 1.54) is 12.1 Å². The Kier molecular flexibility index (Phi) is 4.59. The Balaban J connectivity index is 3.02. The molecule has 0 aromatic heterocycles. The van der Waals surface area contributed by atoms with E-state index in [1.54, 1.807) is 18.2 Å². The van der Waals surface area contributed by atoms with Gasteiger partial charge in [0.15, 0.2) is 0 Å². The molecule has 0 heterocycles. The number of nitro benzene ring substituents is 1. The van der Waals surface area contributed by atoms with E-state index in [9.17, 15) is 10.1 Å². The van der Waals surface area contributed by atoms with Gasteiger partial charge in [-0.3, -0.25) is 10.1 Å². The second-order valence-corrected chi connectivity index (χ2v) is 3.65. The monoisotopic (exact) mass is 245 g/mol. The van der Waals surface area contributed by atoms with Gasteiger partial charge in [-0.15, -0.1) is 11.6 Å². The Morgan fingerprint density at radius 1 is 1.47 bits per heavy atom. The lowest BCUT2D eigenvalue weighted by atomic mass is 10.1. The molecular weight excluding hydrogens is 237 g/mol. The predicted octanol–water partition coefficient (Wildman–Crippen LogP) is 3.89. The average molecular weight is 246 g/mol. The van der Waals surface area contributed by atoms with Crippen LogP contribution in [0.5, 0.6) is 0 Å². The zero-order valence-electron chi connectivity index (χ0n) is 7.82. The summed E-state index contributed by atoms with van der Waals surface area (Å²) >= 11 is 11.2. The third-order valence-corrected chi connectivity index (χ3v) is 2.21. The molecule has 0 amide bonds. The van der Waals surface area contributed by atoms with Gasteiger partial charge in [0.05, 0.1) is 10.5 Å². The van der Waals surface area contributed by atoms with E-state index in [0.717, 1.165) is 0 Å². The third-order valence-electron chi connectivity index (χ3n) is 1.76. The number of hydrogen-bond donors (Lipinski definition) is 0. The van der Waals surface area contributed by atoms with Crippen molar-refractivity contribution in [3.63, 3.8) is 0 Å². The Labute approximate surface area is 97.5 Å². The highest BCUT2D eigenvalue weighted by Crippen LogP contribution is 2.23. The quantitative estimate of drug-likeness (QED) is 0.459. The molecule has 0 N–H and O–H groups in total. The van der Waals surface area contributed by atoms with Crippen molar-refractivity contribution in [2.24, 2.45) is 0 Å². The van der Waals surface area contributed by atoms with Crippen LogP contribution in [0.3, 0.4) is 0 Å². The number of benzene rings is 1. The molecule has 80 valence electrons. The van der Waals surface area contributed by atoms with Crippen molar-refractivity contribution in [3.8, 4) is 0 Å². The Bertz CT molecular complexity index is 391. The maximum atomic E-state index is 10.7. The highest BCUT2D eigenvalue weighted by molar-refractivity contribution is 6.30. The Hall–Kier alpha value is -1.06. The van der Waals surface area contributed by atoms with Crippen molar-refractivity contribution < 1.29 is 4.92 Å². The van der Waals surface area contributed by atoms with E-state index in [1.807, 2.05) is 0 Å². The zero-order valence-corrected chi connectivity index (χ0v) is 9.33. The minimum absolute atomic E-state index is 0.0465. The predicted molar refractivity (Wildman–Crippen MR) is 62.5 cm³/mol. The Morgan fingerprint density at radius 3 is 2.80 bits per heavy atom. The van der Waals surface area contributed by atoms with Crippen molar-refractivity contribution in [1.29, 1.82) is 0 Å². The van der Waals surface area contributed by atoms with Gasteiger partial charge in [-0.25, -0.2) is 0 Å². The van der Waals surface area contributed by atoms with Gasteiger partial charge in [0.2, 0.25) is 0 Å². The fourth-order valence-electron chi connectivity index (χ4n) is 1.10. The van der Waals surface area contributed by atoms with Gasteiger partial charge in [0.25, 0.3) is 5.69 Å². The van der Waals surface area contributed by atoms with E-state index in [2.05, 4.69) is 0 Å². The van der Waals surface area contributed by atoms with Crippen LogP contribution in [0.25, 0.3) is 6.08 Å². The van der Waals surface area contributed by atoms with Crippen molar-refractivity contribution >= 4 is 35.0 Å². The molecule has 5 heteroatoms. The number of halogens is 2. The van der Waals surface area contributed by atoms with E-state index in [4.69, 9.17) is 23.2 Å². The van der Waals surface area contributed by atoms with Crippen LogP contribution in [-0.2, 0) is 0 Å². The maximum Gasteiger partial charge on any atom is 0.276 e. The maximum absolute atomic E-state index is 10.7. The van der Waals surface area contributed by atoms with Gasteiger partial charge < -0.3 is 0 Å². The lowest BCUT2D eigenvalue weighted by Gasteiger charge is -1.97. The summed E-state index contributed by atoms with van der Waals surface area (Å²) in [6, 6.07) is 4.45. The number of rotatable bonds is 4. The SMILES string of the molecule is O=[N+]([O-])c1ccc(Cl)cc1C=CCCCl. The standard InChI is InChI=1S/C10H9Cl2NO2/c11-6-2-1-3-8-7-9(12)4-5-10(8)13(14)15/h1,3-5,7H,2,6H2. The molecule has 1 aromatic carbocycles. The second-order valence-electron chi connectivity index (χ2n) is 2.84. The number of allylic oxidation sites excluding steroid dienone is 1. The van der Waals surface area contributed by atoms with E-state index in [-0.39, 0.29) is 5.69 Å². The topological polar surface area (TPSA) is 43.1 Å². The van der Waals surface area contributed by atoms with Crippen LogP contribution in [0.2, 0.25) is 5.02 Å². The molecule has 0 saturated heterocycles. The summed E-state index contributed by atoms with van der Waals surface area (Å²) < 4.78 is 0. The molecule has 0 radical (unpaired) electrons. The van der Waals surface area contributed by atoms with Crippen LogP contribution < -0.4 is 0 Å². The summed E-state index contributed by atoms with van der Waals surface area (Å²) in [6.07, 6.45) is 4.11. The van der Waals surface area contributed by atoms with Gasteiger partial charge in [0, 0.05) is 17.0 Å². The fraction of sp³-hybridized carbons (Fsp3) is 0.200. The molecule has 1 aromatic rings. The fourth-order valence-corrected chi connectivity index (χ4v) is 1.40. The second kappa shape index (κ2) is 5.73. The summed E-state index contributed by atoms with van der Waals surface area (Å²) in [5.41, 5.74) is 0.544. The molecule has 0 saturated carbocycles. The van der Waals surface area contributed by atoms with Crippen molar-refractivity contribution in [3.05, 3.63) is 45.0 Å². The zero-order chi connectivity index (χ0) is 11.3. The van der Waals surface area contributed by atoms with Gasteiger partial charge in [-0.1, -0.05) is 23.8 Å². The van der Waals surface area contributed by atoms with Crippen molar-refractivity contribution in [2.45, 2.75) is 6.42 Å². The van der Waals surface area contributed by atoms with Crippen LogP contribution >= 0.6 is 23.2 Å². The van der Waals surface area contributed by atoms with E-state index in [0.29, 0.717) is 22.9 Å². The highest BCUT2D eigenvalue weighted by atomic mass is 35.5. The molecule has 0 aliphatic carbocycles. The molecule has 0 fully saturated rings. The van der Waals surface area contributed by atoms with Crippen molar-refractivity contribution in [1.82, 2.24) is 0 Å². The number of hydrogen-bond acceptors (Lipinski definition) is 2. The molecule has 3 nitrogen and oxygen atoms in total. The molecule has 0 aliphatic heterocycles. The summed E-state index contributed by atoms with van der Waals surface area (Å²) in [5, 5.41) is 11.1. The summed E-state index contributed by atoms with van der Waals surface area (Å²) in [4.78, 5) is 10.2. The first-order chi connectivity index (χ1) is 7.15. The first-order valence-corrected chi connectivity index (χ1v) is 5.23. The molecule has 0 unspecified atom stereocenters. The minimum Gasteiger partial charge on any atom is -0.258 e. The minimum atomic E-state index is -0.434. The van der Waals surface area contributed by atoms with E-state index >= 15 is 0 Å². The van der Waals surface area contributed by atoms with Crippen LogP contribution in [0, 0.1) is 10.1 Å². The molecule has 0 aliphatic rings. The summed E-state index contributed by atoms with van der Waals surface area (Å²) in [6.45, 7) is 0.